The molecule has 2 aliphatic rings. The molecule has 2 N–H and O–H groups in total. The van der Waals surface area contributed by atoms with E-state index in [1.807, 2.05) is 0 Å². The van der Waals surface area contributed by atoms with E-state index < -0.39 is 35.6 Å². The second-order valence-corrected chi connectivity index (χ2v) is 5.63. The van der Waals surface area contributed by atoms with Gasteiger partial charge in [-0.2, -0.15) is 0 Å². The number of aliphatic carboxylic acids is 1. The van der Waals surface area contributed by atoms with Crippen molar-refractivity contribution in [2.75, 3.05) is 5.32 Å². The Morgan fingerprint density at radius 2 is 1.95 bits per heavy atom. The second kappa shape index (κ2) is 5.11. The summed E-state index contributed by atoms with van der Waals surface area (Å²) in [7, 11) is 0. The molecule has 2 saturated heterocycles. The monoisotopic (exact) mass is 293 g/mol. The van der Waals surface area contributed by atoms with Crippen LogP contribution in [0.3, 0.4) is 0 Å². The summed E-state index contributed by atoms with van der Waals surface area (Å²) in [6.07, 6.45) is 0.615. The van der Waals surface area contributed by atoms with Gasteiger partial charge in [-0.25, -0.2) is 4.39 Å². The molecule has 0 saturated carbocycles. The lowest BCUT2D eigenvalue weighted by Crippen LogP contribution is -2.40. The number of nitrogens with one attached hydrogen (secondary N) is 1. The molecular formula is C15H16FNO4. The summed E-state index contributed by atoms with van der Waals surface area (Å²) < 4.78 is 19.0. The molecule has 4 atom stereocenters. The number of halogens is 1. The van der Waals surface area contributed by atoms with Crippen LogP contribution in [0.25, 0.3) is 0 Å². The van der Waals surface area contributed by atoms with Crippen LogP contribution in [0, 0.1) is 24.6 Å². The van der Waals surface area contributed by atoms with E-state index in [0.717, 1.165) is 0 Å². The van der Waals surface area contributed by atoms with Gasteiger partial charge in [0.2, 0.25) is 5.91 Å². The molecule has 112 valence electrons. The van der Waals surface area contributed by atoms with Gasteiger partial charge in [-0.05, 0) is 37.5 Å². The lowest BCUT2D eigenvalue weighted by atomic mass is 9.78. The lowest BCUT2D eigenvalue weighted by molar-refractivity contribution is -0.147. The summed E-state index contributed by atoms with van der Waals surface area (Å²) in [5, 5.41) is 11.9. The first-order valence-corrected chi connectivity index (χ1v) is 6.92. The number of carboxylic acid groups (broad SMARTS) is 1. The number of aryl methyl sites for hydroxylation is 1. The van der Waals surface area contributed by atoms with E-state index in [4.69, 9.17) is 4.74 Å². The molecule has 21 heavy (non-hydrogen) atoms. The maximum Gasteiger partial charge on any atom is 0.310 e. The standard InChI is InChI=1S/C15H16FNO4/c1-7-2-3-8(6-9(7)16)17-14(18)12-10-4-5-11(21-10)13(12)15(19)20/h2-3,6,10-13H,4-5H2,1H3,(H,17,18)(H,19,20)/t10-,11-,12+,13-/m0/s1. The third-order valence-corrected chi connectivity index (χ3v) is 4.30. The fourth-order valence-corrected chi connectivity index (χ4v) is 3.22. The van der Waals surface area contributed by atoms with E-state index in [-0.39, 0.29) is 6.10 Å². The van der Waals surface area contributed by atoms with Crippen LogP contribution in [-0.2, 0) is 14.3 Å². The number of fused-ring (bicyclic) bond motifs is 2. The summed E-state index contributed by atoms with van der Waals surface area (Å²) in [6.45, 7) is 1.63. The molecule has 0 spiro atoms. The second-order valence-electron chi connectivity index (χ2n) is 5.63. The van der Waals surface area contributed by atoms with E-state index in [0.29, 0.717) is 24.1 Å². The fourth-order valence-electron chi connectivity index (χ4n) is 3.22. The summed E-state index contributed by atoms with van der Waals surface area (Å²) in [6, 6.07) is 4.40. The highest BCUT2D eigenvalue weighted by atomic mass is 19.1. The van der Waals surface area contributed by atoms with Crippen LogP contribution in [-0.4, -0.2) is 29.2 Å². The van der Waals surface area contributed by atoms with Crippen molar-refractivity contribution < 1.29 is 23.8 Å². The van der Waals surface area contributed by atoms with E-state index >= 15 is 0 Å². The Bertz CT molecular complexity index is 603. The number of hydrogen-bond donors (Lipinski definition) is 2. The van der Waals surface area contributed by atoms with Crippen LogP contribution in [0.1, 0.15) is 18.4 Å². The van der Waals surface area contributed by atoms with Gasteiger partial charge in [-0.15, -0.1) is 0 Å². The average Bonchev–Trinajstić information content (AvgIpc) is 3.03. The van der Waals surface area contributed by atoms with Gasteiger partial charge in [0, 0.05) is 5.69 Å². The van der Waals surface area contributed by atoms with E-state index in [2.05, 4.69) is 5.32 Å². The number of hydrogen-bond acceptors (Lipinski definition) is 3. The Kier molecular flexibility index (Phi) is 3.41. The van der Waals surface area contributed by atoms with E-state index in [1.165, 1.54) is 6.07 Å². The molecule has 0 aromatic heterocycles. The van der Waals surface area contributed by atoms with Crippen LogP contribution >= 0.6 is 0 Å². The molecule has 2 aliphatic heterocycles. The molecule has 1 amide bonds. The van der Waals surface area contributed by atoms with E-state index in [1.54, 1.807) is 19.1 Å². The first-order chi connectivity index (χ1) is 9.97. The Labute approximate surface area is 121 Å². The maximum atomic E-state index is 13.5. The molecule has 6 heteroatoms. The molecule has 1 aromatic rings. The smallest absolute Gasteiger partial charge is 0.310 e. The molecule has 5 nitrogen and oxygen atoms in total. The fraction of sp³-hybridized carbons (Fsp3) is 0.467. The van der Waals surface area contributed by atoms with Crippen LogP contribution in [0.4, 0.5) is 10.1 Å². The highest BCUT2D eigenvalue weighted by molar-refractivity contribution is 5.96. The summed E-state index contributed by atoms with van der Waals surface area (Å²) in [5.74, 6) is -3.38. The number of anilines is 1. The SMILES string of the molecule is Cc1ccc(NC(=O)[C@H]2[C@@H](C(=O)O)[C@@H]3CC[C@@H]2O3)cc1F. The molecular weight excluding hydrogens is 277 g/mol. The molecule has 2 heterocycles. The number of amides is 1. The van der Waals surface area contributed by atoms with Gasteiger partial charge in [0.05, 0.1) is 24.0 Å². The zero-order valence-electron chi connectivity index (χ0n) is 11.5. The van der Waals surface area contributed by atoms with Crippen molar-refractivity contribution in [3.8, 4) is 0 Å². The largest absolute Gasteiger partial charge is 0.481 e. The quantitative estimate of drug-likeness (QED) is 0.893. The van der Waals surface area contributed by atoms with Crippen molar-refractivity contribution in [2.45, 2.75) is 32.0 Å². The summed E-state index contributed by atoms with van der Waals surface area (Å²) in [5.41, 5.74) is 0.815. The zero-order valence-corrected chi connectivity index (χ0v) is 11.5. The minimum absolute atomic E-state index is 0.329. The van der Waals surface area contributed by atoms with Gasteiger partial charge in [-0.1, -0.05) is 6.07 Å². The average molecular weight is 293 g/mol. The highest BCUT2D eigenvalue weighted by Crippen LogP contribution is 2.44. The van der Waals surface area contributed by atoms with E-state index in [9.17, 15) is 19.1 Å². The van der Waals surface area contributed by atoms with Crippen molar-refractivity contribution in [1.29, 1.82) is 0 Å². The summed E-state index contributed by atoms with van der Waals surface area (Å²) >= 11 is 0. The van der Waals surface area contributed by atoms with Crippen LogP contribution in [0.2, 0.25) is 0 Å². The van der Waals surface area contributed by atoms with Gasteiger partial charge in [0.15, 0.2) is 0 Å². The minimum atomic E-state index is -1.02. The molecule has 0 radical (unpaired) electrons. The summed E-state index contributed by atoms with van der Waals surface area (Å²) in [4.78, 5) is 23.7. The van der Waals surface area contributed by atoms with Crippen molar-refractivity contribution >= 4 is 17.6 Å². The van der Waals surface area contributed by atoms with Gasteiger partial charge < -0.3 is 15.2 Å². The number of carboxylic acids is 1. The third kappa shape index (κ3) is 2.40. The third-order valence-electron chi connectivity index (χ3n) is 4.30. The molecule has 0 unspecified atom stereocenters. The van der Waals surface area contributed by atoms with Crippen molar-refractivity contribution in [3.05, 3.63) is 29.6 Å². The Morgan fingerprint density at radius 1 is 1.29 bits per heavy atom. The van der Waals surface area contributed by atoms with Gasteiger partial charge >= 0.3 is 5.97 Å². The Hall–Kier alpha value is -1.95. The van der Waals surface area contributed by atoms with Crippen LogP contribution in [0.5, 0.6) is 0 Å². The minimum Gasteiger partial charge on any atom is -0.481 e. The van der Waals surface area contributed by atoms with Crippen molar-refractivity contribution in [3.63, 3.8) is 0 Å². The molecule has 2 bridgehead atoms. The number of carbonyl (C=O) groups excluding carboxylic acids is 1. The van der Waals surface area contributed by atoms with Gasteiger partial charge in [-0.3, -0.25) is 9.59 Å². The van der Waals surface area contributed by atoms with Gasteiger partial charge in [0.1, 0.15) is 5.82 Å². The van der Waals surface area contributed by atoms with Crippen LogP contribution < -0.4 is 5.32 Å². The molecule has 2 fully saturated rings. The predicted molar refractivity (Wildman–Crippen MR) is 72.3 cm³/mol. The van der Waals surface area contributed by atoms with Crippen LogP contribution in [0.15, 0.2) is 18.2 Å². The normalized spacial score (nSPS) is 30.4. The maximum absolute atomic E-state index is 13.5. The molecule has 0 aliphatic carbocycles. The number of rotatable bonds is 3. The first kappa shape index (κ1) is 14.0. The number of benzene rings is 1. The number of ether oxygens (including phenoxy) is 1. The Morgan fingerprint density at radius 3 is 2.57 bits per heavy atom. The molecule has 1 aromatic carbocycles. The molecule has 3 rings (SSSR count). The van der Waals surface area contributed by atoms with Crippen molar-refractivity contribution in [1.82, 2.24) is 0 Å². The number of carbonyl (C=O) groups is 2. The topological polar surface area (TPSA) is 75.6 Å². The first-order valence-electron chi connectivity index (χ1n) is 6.92. The predicted octanol–water partition coefficient (Wildman–Crippen LogP) is 1.95. The highest BCUT2D eigenvalue weighted by Gasteiger charge is 2.55. The zero-order chi connectivity index (χ0) is 15.1. The Balaban J connectivity index is 1.78. The lowest BCUT2D eigenvalue weighted by Gasteiger charge is -2.23. The van der Waals surface area contributed by atoms with Gasteiger partial charge in [0.25, 0.3) is 0 Å². The van der Waals surface area contributed by atoms with Crippen molar-refractivity contribution in [2.24, 2.45) is 11.8 Å².